The van der Waals surface area contributed by atoms with E-state index in [2.05, 4.69) is 15.2 Å². The zero-order valence-electron chi connectivity index (χ0n) is 6.16. The molecule has 0 spiro atoms. The van der Waals surface area contributed by atoms with Crippen LogP contribution in [0.3, 0.4) is 0 Å². The summed E-state index contributed by atoms with van der Waals surface area (Å²) in [6.45, 7) is 0. The van der Waals surface area contributed by atoms with Gasteiger partial charge in [0.15, 0.2) is 0 Å². The molecule has 0 aliphatic rings. The number of rotatable bonds is 2. The van der Waals surface area contributed by atoms with E-state index in [9.17, 15) is 0 Å². The lowest BCUT2D eigenvalue weighted by atomic mass is 10.5. The Labute approximate surface area is 73.2 Å². The first-order valence-corrected chi connectivity index (χ1v) is 4.25. The number of hydrogen-bond donors (Lipinski definition) is 0. The maximum atomic E-state index is 4.04. The second kappa shape index (κ2) is 3.27. The summed E-state index contributed by atoms with van der Waals surface area (Å²) in [6.07, 6.45) is 4.75. The highest BCUT2D eigenvalue weighted by Gasteiger charge is 1.86. The molecule has 0 bridgehead atoms. The molecule has 0 saturated heterocycles. The van der Waals surface area contributed by atoms with Crippen LogP contribution in [-0.2, 0) is 0 Å². The number of nitrogens with zero attached hydrogens (tertiary/aromatic N) is 4. The monoisotopic (exact) mass is 178 g/mol. The average Bonchev–Trinajstić information content (AvgIpc) is 2.74. The second-order valence-electron chi connectivity index (χ2n) is 2.08. The predicted octanol–water partition coefficient (Wildman–Crippen LogP) is 1.22. The first-order valence-electron chi connectivity index (χ1n) is 3.37. The summed E-state index contributed by atoms with van der Waals surface area (Å²) in [5, 5.41) is 9.87. The van der Waals surface area contributed by atoms with Crippen LogP contribution >= 0.6 is 11.3 Å². The highest BCUT2D eigenvalue weighted by atomic mass is 32.1. The van der Waals surface area contributed by atoms with Gasteiger partial charge in [0.25, 0.3) is 0 Å². The van der Waals surface area contributed by atoms with E-state index < -0.39 is 0 Å². The van der Waals surface area contributed by atoms with Crippen molar-refractivity contribution in [2.75, 3.05) is 0 Å². The maximum Gasteiger partial charge on any atom is 0.139 e. The smallest absolute Gasteiger partial charge is 0.139 e. The standard InChI is InChI=1S/C7H6N4S/c1-2-7(12-3-1)4-9-11-6-8-5-10-11/h1-6H/b9-4+. The minimum absolute atomic E-state index is 1.10. The van der Waals surface area contributed by atoms with Crippen molar-refractivity contribution in [3.8, 4) is 0 Å². The van der Waals surface area contributed by atoms with E-state index in [0.717, 1.165) is 4.88 Å². The Balaban J connectivity index is 2.14. The molecule has 0 saturated carbocycles. The Morgan fingerprint density at radius 1 is 1.58 bits per heavy atom. The summed E-state index contributed by atoms with van der Waals surface area (Å²) in [5.41, 5.74) is 0. The van der Waals surface area contributed by atoms with Crippen LogP contribution < -0.4 is 0 Å². The van der Waals surface area contributed by atoms with Crippen LogP contribution in [0.1, 0.15) is 4.88 Å². The lowest BCUT2D eigenvalue weighted by Gasteiger charge is -1.85. The summed E-state index contributed by atoms with van der Waals surface area (Å²) in [5.74, 6) is 0. The van der Waals surface area contributed by atoms with E-state index >= 15 is 0 Å². The molecular formula is C7H6N4S. The molecule has 0 fully saturated rings. The molecule has 2 rings (SSSR count). The number of thiophene rings is 1. The Bertz CT molecular complexity index is 312. The SMILES string of the molecule is C(=N\n1cncn1)/c1cccs1. The van der Waals surface area contributed by atoms with Crippen molar-refractivity contribution >= 4 is 17.6 Å². The van der Waals surface area contributed by atoms with Crippen LogP contribution in [0.25, 0.3) is 0 Å². The minimum atomic E-state index is 1.10. The molecule has 0 aliphatic heterocycles. The molecule has 0 N–H and O–H groups in total. The van der Waals surface area contributed by atoms with Crippen molar-refractivity contribution in [1.82, 2.24) is 14.9 Å². The van der Waals surface area contributed by atoms with Crippen LogP contribution in [0.4, 0.5) is 0 Å². The van der Waals surface area contributed by atoms with Crippen LogP contribution in [-0.4, -0.2) is 21.1 Å². The topological polar surface area (TPSA) is 43.1 Å². The van der Waals surface area contributed by atoms with Gasteiger partial charge < -0.3 is 0 Å². The molecule has 0 atom stereocenters. The van der Waals surface area contributed by atoms with Gasteiger partial charge >= 0.3 is 0 Å². The highest BCUT2D eigenvalue weighted by Crippen LogP contribution is 2.04. The largest absolute Gasteiger partial charge is 0.221 e. The Hall–Kier alpha value is -1.49. The van der Waals surface area contributed by atoms with Crippen LogP contribution in [0.15, 0.2) is 35.3 Å². The van der Waals surface area contributed by atoms with Gasteiger partial charge in [-0.3, -0.25) is 0 Å². The van der Waals surface area contributed by atoms with Crippen molar-refractivity contribution in [2.24, 2.45) is 5.10 Å². The fourth-order valence-corrected chi connectivity index (χ4v) is 1.32. The Kier molecular flexibility index (Phi) is 1.96. The summed E-state index contributed by atoms with van der Waals surface area (Å²) in [4.78, 5) is 6.28. The average molecular weight is 178 g/mol. The van der Waals surface area contributed by atoms with Gasteiger partial charge in [-0.15, -0.1) is 21.2 Å². The molecule has 60 valence electrons. The summed E-state index contributed by atoms with van der Waals surface area (Å²) in [7, 11) is 0. The van der Waals surface area contributed by atoms with E-state index in [1.807, 2.05) is 17.5 Å². The maximum absolute atomic E-state index is 4.04. The van der Waals surface area contributed by atoms with Crippen molar-refractivity contribution in [3.05, 3.63) is 35.0 Å². The summed E-state index contributed by atoms with van der Waals surface area (Å²) < 4.78 is 0. The molecule has 4 nitrogen and oxygen atoms in total. The van der Waals surface area contributed by atoms with Gasteiger partial charge in [0, 0.05) is 4.88 Å². The molecule has 0 radical (unpaired) electrons. The molecule has 0 amide bonds. The molecule has 0 unspecified atom stereocenters. The minimum Gasteiger partial charge on any atom is -0.221 e. The first kappa shape index (κ1) is 7.17. The molecule has 2 aromatic rings. The summed E-state index contributed by atoms with van der Waals surface area (Å²) >= 11 is 1.63. The Morgan fingerprint density at radius 2 is 2.58 bits per heavy atom. The van der Waals surface area contributed by atoms with Crippen molar-refractivity contribution in [2.45, 2.75) is 0 Å². The lowest BCUT2D eigenvalue weighted by Crippen LogP contribution is -1.88. The van der Waals surface area contributed by atoms with Gasteiger partial charge in [-0.05, 0) is 11.4 Å². The second-order valence-corrected chi connectivity index (χ2v) is 3.06. The first-order chi connectivity index (χ1) is 5.95. The van der Waals surface area contributed by atoms with Crippen LogP contribution in [0.5, 0.6) is 0 Å². The molecule has 0 aliphatic carbocycles. The molecule has 0 aromatic carbocycles. The Morgan fingerprint density at radius 3 is 3.25 bits per heavy atom. The predicted molar refractivity (Wildman–Crippen MR) is 47.3 cm³/mol. The van der Waals surface area contributed by atoms with Crippen molar-refractivity contribution in [3.63, 3.8) is 0 Å². The van der Waals surface area contributed by atoms with Gasteiger partial charge in [0.05, 0.1) is 6.21 Å². The third-order valence-corrected chi connectivity index (χ3v) is 2.06. The van der Waals surface area contributed by atoms with Gasteiger partial charge in [-0.25, -0.2) is 4.98 Å². The third kappa shape index (κ3) is 1.57. The zero-order chi connectivity index (χ0) is 8.23. The van der Waals surface area contributed by atoms with E-state index in [-0.39, 0.29) is 0 Å². The molecule has 2 heterocycles. The van der Waals surface area contributed by atoms with Crippen LogP contribution in [0, 0.1) is 0 Å². The van der Waals surface area contributed by atoms with E-state index in [1.165, 1.54) is 11.1 Å². The molecule has 2 aromatic heterocycles. The zero-order valence-corrected chi connectivity index (χ0v) is 6.98. The van der Waals surface area contributed by atoms with Gasteiger partial charge in [-0.1, -0.05) is 6.07 Å². The summed E-state index contributed by atoms with van der Waals surface area (Å²) in [6, 6.07) is 3.97. The lowest BCUT2D eigenvalue weighted by molar-refractivity contribution is 0.743. The van der Waals surface area contributed by atoms with Gasteiger partial charge in [0.1, 0.15) is 12.7 Å². The van der Waals surface area contributed by atoms with E-state index in [1.54, 1.807) is 23.9 Å². The van der Waals surface area contributed by atoms with Crippen molar-refractivity contribution < 1.29 is 0 Å². The van der Waals surface area contributed by atoms with Gasteiger partial charge in [0.2, 0.25) is 0 Å². The highest BCUT2D eigenvalue weighted by molar-refractivity contribution is 7.11. The van der Waals surface area contributed by atoms with E-state index in [4.69, 9.17) is 0 Å². The molecular weight excluding hydrogens is 172 g/mol. The molecule has 5 heteroatoms. The number of hydrogen-bond acceptors (Lipinski definition) is 4. The number of aromatic nitrogens is 3. The van der Waals surface area contributed by atoms with Crippen molar-refractivity contribution in [1.29, 1.82) is 0 Å². The fraction of sp³-hybridized carbons (Fsp3) is 0. The van der Waals surface area contributed by atoms with Crippen LogP contribution in [0.2, 0.25) is 0 Å². The third-order valence-electron chi connectivity index (χ3n) is 1.25. The van der Waals surface area contributed by atoms with E-state index in [0.29, 0.717) is 0 Å². The molecule has 12 heavy (non-hydrogen) atoms. The quantitative estimate of drug-likeness (QED) is 0.649. The van der Waals surface area contributed by atoms with Gasteiger partial charge in [-0.2, -0.15) is 5.10 Å². The fourth-order valence-electron chi connectivity index (χ4n) is 0.742. The normalized spacial score (nSPS) is 11.0.